The second-order valence-corrected chi connectivity index (χ2v) is 8.07. The number of aromatic nitrogens is 1. The van der Waals surface area contributed by atoms with Crippen LogP contribution in [-0.2, 0) is 9.59 Å². The zero-order valence-electron chi connectivity index (χ0n) is 16.2. The number of fused-ring (bicyclic) bond motifs is 1. The van der Waals surface area contributed by atoms with E-state index in [0.29, 0.717) is 25.3 Å². The highest BCUT2D eigenvalue weighted by molar-refractivity contribution is 6.35. The van der Waals surface area contributed by atoms with Gasteiger partial charge < -0.3 is 20.1 Å². The summed E-state index contributed by atoms with van der Waals surface area (Å²) in [6.07, 6.45) is 0. The monoisotopic (exact) mass is 370 g/mol. The van der Waals surface area contributed by atoms with Crippen LogP contribution in [0.15, 0.2) is 30.3 Å². The molecule has 2 aromatic rings. The van der Waals surface area contributed by atoms with E-state index < -0.39 is 17.4 Å². The van der Waals surface area contributed by atoms with Crippen LogP contribution in [0.25, 0.3) is 10.9 Å². The van der Waals surface area contributed by atoms with Gasteiger partial charge in [0, 0.05) is 42.1 Å². The first-order valence-corrected chi connectivity index (χ1v) is 9.16. The molecular formula is C20H26N4O3. The predicted octanol–water partition coefficient (Wildman–Crippen LogP) is 1.76. The number of nitrogens with one attached hydrogen (secondary N) is 2. The van der Waals surface area contributed by atoms with Crippen LogP contribution in [0, 0.1) is 0 Å². The number of amides is 3. The lowest BCUT2D eigenvalue weighted by atomic mass is 10.1. The van der Waals surface area contributed by atoms with Gasteiger partial charge in [0.05, 0.1) is 0 Å². The van der Waals surface area contributed by atoms with Crippen LogP contribution in [0.3, 0.4) is 0 Å². The molecule has 1 atom stereocenters. The Labute approximate surface area is 158 Å². The molecule has 27 heavy (non-hydrogen) atoms. The van der Waals surface area contributed by atoms with Gasteiger partial charge in [-0.25, -0.2) is 0 Å². The van der Waals surface area contributed by atoms with Gasteiger partial charge in [-0.1, -0.05) is 18.2 Å². The number of piperazine rings is 1. The van der Waals surface area contributed by atoms with Gasteiger partial charge in [0.2, 0.25) is 0 Å². The highest BCUT2D eigenvalue weighted by Crippen LogP contribution is 2.18. The zero-order valence-corrected chi connectivity index (χ0v) is 16.2. The van der Waals surface area contributed by atoms with E-state index in [-0.39, 0.29) is 11.9 Å². The second kappa shape index (κ2) is 7.06. The Kier molecular flexibility index (Phi) is 4.95. The van der Waals surface area contributed by atoms with Crippen molar-refractivity contribution in [2.75, 3.05) is 19.6 Å². The molecular weight excluding hydrogens is 344 g/mol. The third kappa shape index (κ3) is 4.13. The lowest BCUT2D eigenvalue weighted by Gasteiger charge is -2.39. The Balaban J connectivity index is 1.66. The molecule has 144 valence electrons. The van der Waals surface area contributed by atoms with E-state index in [1.807, 2.05) is 58.0 Å². The lowest BCUT2D eigenvalue weighted by molar-refractivity contribution is -0.149. The van der Waals surface area contributed by atoms with Crippen LogP contribution >= 0.6 is 0 Å². The van der Waals surface area contributed by atoms with E-state index in [0.717, 1.165) is 10.9 Å². The minimum atomic E-state index is -0.607. The van der Waals surface area contributed by atoms with Crippen LogP contribution in [0.1, 0.15) is 38.2 Å². The summed E-state index contributed by atoms with van der Waals surface area (Å²) in [5.41, 5.74) is 0.985. The van der Waals surface area contributed by atoms with Crippen molar-refractivity contribution < 1.29 is 14.4 Å². The maximum absolute atomic E-state index is 12.8. The predicted molar refractivity (Wildman–Crippen MR) is 103 cm³/mol. The van der Waals surface area contributed by atoms with Gasteiger partial charge in [0.25, 0.3) is 5.91 Å². The first-order valence-electron chi connectivity index (χ1n) is 9.16. The number of H-pyrrole nitrogens is 1. The Morgan fingerprint density at radius 1 is 1.15 bits per heavy atom. The molecule has 0 saturated carbocycles. The molecule has 0 bridgehead atoms. The molecule has 0 spiro atoms. The van der Waals surface area contributed by atoms with E-state index in [2.05, 4.69) is 10.3 Å². The number of rotatable bonds is 1. The van der Waals surface area contributed by atoms with E-state index in [1.165, 1.54) is 4.90 Å². The molecule has 1 aromatic carbocycles. The summed E-state index contributed by atoms with van der Waals surface area (Å²) in [7, 11) is 0. The number of carbonyl (C=O) groups is 3. The summed E-state index contributed by atoms with van der Waals surface area (Å²) in [5.74, 6) is -1.25. The van der Waals surface area contributed by atoms with Gasteiger partial charge >= 0.3 is 11.8 Å². The summed E-state index contributed by atoms with van der Waals surface area (Å²) >= 11 is 0. The van der Waals surface area contributed by atoms with Gasteiger partial charge in [-0.15, -0.1) is 0 Å². The number of aromatic amines is 1. The van der Waals surface area contributed by atoms with E-state index >= 15 is 0 Å². The van der Waals surface area contributed by atoms with Crippen molar-refractivity contribution in [3.8, 4) is 0 Å². The normalized spacial score (nSPS) is 17.9. The highest BCUT2D eigenvalue weighted by atomic mass is 16.2. The number of para-hydroxylation sites is 1. The molecule has 1 aliphatic heterocycles. The first-order chi connectivity index (χ1) is 12.7. The molecule has 1 aromatic heterocycles. The van der Waals surface area contributed by atoms with Gasteiger partial charge in [-0.3, -0.25) is 14.4 Å². The minimum absolute atomic E-state index is 0.0932. The van der Waals surface area contributed by atoms with Gasteiger partial charge in [0.1, 0.15) is 5.69 Å². The molecule has 3 amide bonds. The van der Waals surface area contributed by atoms with Crippen LogP contribution in [0.2, 0.25) is 0 Å². The van der Waals surface area contributed by atoms with Crippen molar-refractivity contribution in [1.82, 2.24) is 20.1 Å². The summed E-state index contributed by atoms with van der Waals surface area (Å²) in [6, 6.07) is 9.35. The number of nitrogens with zero attached hydrogens (tertiary/aromatic N) is 2. The number of hydrogen-bond donors (Lipinski definition) is 2. The number of hydrogen-bond acceptors (Lipinski definition) is 3. The van der Waals surface area contributed by atoms with Crippen molar-refractivity contribution in [1.29, 1.82) is 0 Å². The SMILES string of the molecule is CC1CN(C(=O)c2cc3ccccc3[nH]2)CCN1C(=O)C(=O)NC(C)(C)C. The summed E-state index contributed by atoms with van der Waals surface area (Å²) in [5, 5.41) is 3.68. The molecule has 7 nitrogen and oxygen atoms in total. The van der Waals surface area contributed by atoms with Crippen LogP contribution in [-0.4, -0.2) is 63.7 Å². The molecule has 7 heteroatoms. The lowest BCUT2D eigenvalue weighted by Crippen LogP contribution is -2.59. The smallest absolute Gasteiger partial charge is 0.312 e. The summed E-state index contributed by atoms with van der Waals surface area (Å²) < 4.78 is 0. The largest absolute Gasteiger partial charge is 0.351 e. The highest BCUT2D eigenvalue weighted by Gasteiger charge is 2.34. The van der Waals surface area contributed by atoms with Crippen molar-refractivity contribution in [3.63, 3.8) is 0 Å². The summed E-state index contributed by atoms with van der Waals surface area (Å²) in [4.78, 5) is 43.8. The average molecular weight is 370 g/mol. The van der Waals surface area contributed by atoms with Crippen molar-refractivity contribution in [3.05, 3.63) is 36.0 Å². The van der Waals surface area contributed by atoms with Gasteiger partial charge in [-0.2, -0.15) is 0 Å². The van der Waals surface area contributed by atoms with Crippen LogP contribution < -0.4 is 5.32 Å². The molecule has 2 heterocycles. The molecule has 1 unspecified atom stereocenters. The maximum Gasteiger partial charge on any atom is 0.312 e. The van der Waals surface area contributed by atoms with Gasteiger partial charge in [-0.05, 0) is 39.8 Å². The third-order valence-electron chi connectivity index (χ3n) is 4.62. The van der Waals surface area contributed by atoms with Crippen molar-refractivity contribution in [2.24, 2.45) is 0 Å². The molecule has 1 saturated heterocycles. The van der Waals surface area contributed by atoms with Crippen molar-refractivity contribution >= 4 is 28.6 Å². The van der Waals surface area contributed by atoms with Crippen molar-refractivity contribution in [2.45, 2.75) is 39.3 Å². The second-order valence-electron chi connectivity index (χ2n) is 8.07. The first kappa shape index (κ1) is 18.9. The molecule has 1 fully saturated rings. The maximum atomic E-state index is 12.8. The zero-order chi connectivity index (χ0) is 19.8. The fraction of sp³-hybridized carbons (Fsp3) is 0.450. The Bertz CT molecular complexity index is 848. The Hall–Kier alpha value is -2.83. The molecule has 0 radical (unpaired) electrons. The quantitative estimate of drug-likeness (QED) is 0.750. The summed E-state index contributed by atoms with van der Waals surface area (Å²) in [6.45, 7) is 8.47. The fourth-order valence-corrected chi connectivity index (χ4v) is 3.33. The van der Waals surface area contributed by atoms with E-state index in [4.69, 9.17) is 0 Å². The molecule has 1 aliphatic rings. The number of carbonyl (C=O) groups excluding carboxylic acids is 3. The van der Waals surface area contributed by atoms with E-state index in [1.54, 1.807) is 4.90 Å². The van der Waals surface area contributed by atoms with Gasteiger partial charge in [0.15, 0.2) is 0 Å². The van der Waals surface area contributed by atoms with E-state index in [9.17, 15) is 14.4 Å². The third-order valence-corrected chi connectivity index (χ3v) is 4.62. The standard InChI is InChI=1S/C20H26N4O3/c1-13-12-23(9-10-24(13)19(27)17(25)22-20(2,3)4)18(26)16-11-14-7-5-6-8-15(14)21-16/h5-8,11,13,21H,9-10,12H2,1-4H3,(H,22,25). The molecule has 3 rings (SSSR count). The topological polar surface area (TPSA) is 85.5 Å². The van der Waals surface area contributed by atoms with Crippen LogP contribution in [0.5, 0.6) is 0 Å². The minimum Gasteiger partial charge on any atom is -0.351 e. The Morgan fingerprint density at radius 2 is 1.85 bits per heavy atom. The Morgan fingerprint density at radius 3 is 2.48 bits per heavy atom. The van der Waals surface area contributed by atoms with Crippen LogP contribution in [0.4, 0.5) is 0 Å². The fourth-order valence-electron chi connectivity index (χ4n) is 3.33. The average Bonchev–Trinajstić information content (AvgIpc) is 3.03. The number of benzene rings is 1. The molecule has 2 N–H and O–H groups in total. The molecule has 0 aliphatic carbocycles.